The van der Waals surface area contributed by atoms with Crippen molar-refractivity contribution in [3.05, 3.63) is 28.2 Å². The van der Waals surface area contributed by atoms with E-state index < -0.39 is 25.3 Å². The largest absolute Gasteiger partial charge is 0.411 e. The fourth-order valence-electron chi connectivity index (χ4n) is 2.16. The summed E-state index contributed by atoms with van der Waals surface area (Å²) in [5.41, 5.74) is 1.76. The Bertz CT molecular complexity index is 505. The Kier molecular flexibility index (Phi) is 4.70. The van der Waals surface area contributed by atoms with Crippen LogP contribution in [0.25, 0.3) is 0 Å². The molecule has 0 fully saturated rings. The highest BCUT2D eigenvalue weighted by Gasteiger charge is 2.29. The fourth-order valence-corrected chi connectivity index (χ4v) is 2.57. The van der Waals surface area contributed by atoms with Crippen molar-refractivity contribution in [2.75, 3.05) is 24.7 Å². The van der Waals surface area contributed by atoms with Crippen molar-refractivity contribution < 1.29 is 22.7 Å². The molecular formula is C13H13BrF3NO2. The Hall–Kier alpha value is -1.08. The molecule has 2 rings (SSSR count). The number of fused-ring (bicyclic) bond motifs is 1. The van der Waals surface area contributed by atoms with E-state index in [1.807, 2.05) is 6.07 Å². The molecule has 0 aliphatic carbocycles. The van der Waals surface area contributed by atoms with Gasteiger partial charge in [0.25, 0.3) is 5.91 Å². The maximum Gasteiger partial charge on any atom is 0.411 e. The molecule has 0 saturated heterocycles. The van der Waals surface area contributed by atoms with E-state index in [9.17, 15) is 18.0 Å². The van der Waals surface area contributed by atoms with Crippen LogP contribution in [0.3, 0.4) is 0 Å². The second-order valence-corrected chi connectivity index (χ2v) is 5.45. The molecule has 1 aromatic rings. The van der Waals surface area contributed by atoms with Gasteiger partial charge in [-0.15, -0.1) is 0 Å². The molecule has 1 aliphatic rings. The molecular weight excluding hydrogens is 339 g/mol. The van der Waals surface area contributed by atoms with Crippen molar-refractivity contribution in [1.29, 1.82) is 0 Å². The van der Waals surface area contributed by atoms with Gasteiger partial charge in [-0.3, -0.25) is 4.79 Å². The number of halogens is 4. The lowest BCUT2D eigenvalue weighted by molar-refractivity contribution is -0.175. The van der Waals surface area contributed by atoms with E-state index in [2.05, 4.69) is 20.7 Å². The molecule has 0 unspecified atom stereocenters. The second kappa shape index (κ2) is 6.13. The number of carbonyl (C=O) groups excluding carboxylic acids is 1. The number of amides is 1. The predicted octanol–water partition coefficient (Wildman–Crippen LogP) is 3.31. The van der Waals surface area contributed by atoms with Crippen LogP contribution in [0.1, 0.15) is 12.0 Å². The third-order valence-electron chi connectivity index (χ3n) is 2.95. The van der Waals surface area contributed by atoms with Crippen LogP contribution < -0.4 is 4.90 Å². The first kappa shape index (κ1) is 15.3. The summed E-state index contributed by atoms with van der Waals surface area (Å²) in [6.45, 7) is -1.46. The van der Waals surface area contributed by atoms with Crippen LogP contribution in [0.5, 0.6) is 0 Å². The number of benzene rings is 1. The number of ether oxygens (including phenoxy) is 1. The number of aryl methyl sites for hydroxylation is 1. The van der Waals surface area contributed by atoms with Gasteiger partial charge in [-0.2, -0.15) is 13.2 Å². The molecule has 1 amide bonds. The van der Waals surface area contributed by atoms with Crippen molar-refractivity contribution >= 4 is 27.5 Å². The molecule has 7 heteroatoms. The van der Waals surface area contributed by atoms with E-state index in [0.29, 0.717) is 6.54 Å². The average Bonchev–Trinajstić information content (AvgIpc) is 2.36. The minimum atomic E-state index is -4.41. The van der Waals surface area contributed by atoms with Crippen LogP contribution in [0.2, 0.25) is 0 Å². The minimum Gasteiger partial charge on any atom is -0.362 e. The van der Waals surface area contributed by atoms with Gasteiger partial charge in [0.2, 0.25) is 0 Å². The number of anilines is 1. The van der Waals surface area contributed by atoms with Crippen LogP contribution in [-0.2, 0) is 16.0 Å². The minimum absolute atomic E-state index is 0.447. The van der Waals surface area contributed by atoms with Gasteiger partial charge in [0, 0.05) is 16.7 Å². The first-order valence-corrected chi connectivity index (χ1v) is 6.89. The van der Waals surface area contributed by atoms with Gasteiger partial charge in [0.15, 0.2) is 0 Å². The molecule has 0 radical (unpaired) electrons. The molecule has 1 heterocycles. The highest BCUT2D eigenvalue weighted by Crippen LogP contribution is 2.29. The van der Waals surface area contributed by atoms with Crippen LogP contribution >= 0.6 is 15.9 Å². The van der Waals surface area contributed by atoms with E-state index >= 15 is 0 Å². The van der Waals surface area contributed by atoms with Gasteiger partial charge < -0.3 is 9.64 Å². The van der Waals surface area contributed by atoms with E-state index in [0.717, 1.165) is 28.6 Å². The highest BCUT2D eigenvalue weighted by atomic mass is 79.9. The molecule has 0 N–H and O–H groups in total. The van der Waals surface area contributed by atoms with E-state index in [1.54, 1.807) is 12.1 Å². The SMILES string of the molecule is O=C(COCC(F)(F)F)N1CCCc2cc(Br)ccc21. The summed E-state index contributed by atoms with van der Waals surface area (Å²) in [6, 6.07) is 5.52. The zero-order valence-electron chi connectivity index (χ0n) is 10.5. The number of hydrogen-bond donors (Lipinski definition) is 0. The van der Waals surface area contributed by atoms with E-state index in [-0.39, 0.29) is 0 Å². The summed E-state index contributed by atoms with van der Waals surface area (Å²) < 4.78 is 41.3. The molecule has 0 bridgehead atoms. The van der Waals surface area contributed by atoms with Crippen LogP contribution in [-0.4, -0.2) is 31.8 Å². The molecule has 0 atom stereocenters. The van der Waals surface area contributed by atoms with Crippen molar-refractivity contribution in [3.8, 4) is 0 Å². The van der Waals surface area contributed by atoms with Gasteiger partial charge in [-0.05, 0) is 36.6 Å². The summed E-state index contributed by atoms with van der Waals surface area (Å²) in [4.78, 5) is 13.4. The lowest BCUT2D eigenvalue weighted by Gasteiger charge is -2.29. The first-order valence-electron chi connectivity index (χ1n) is 6.10. The number of nitrogens with zero attached hydrogens (tertiary/aromatic N) is 1. The zero-order valence-corrected chi connectivity index (χ0v) is 12.1. The lowest BCUT2D eigenvalue weighted by Crippen LogP contribution is -2.38. The summed E-state index contributed by atoms with van der Waals surface area (Å²) in [6.07, 6.45) is -2.78. The Labute approximate surface area is 122 Å². The van der Waals surface area contributed by atoms with Gasteiger partial charge >= 0.3 is 6.18 Å². The lowest BCUT2D eigenvalue weighted by atomic mass is 10.0. The quantitative estimate of drug-likeness (QED) is 0.836. The number of rotatable bonds is 3. The summed E-state index contributed by atoms with van der Waals surface area (Å²) >= 11 is 3.36. The third-order valence-corrected chi connectivity index (χ3v) is 3.45. The molecule has 20 heavy (non-hydrogen) atoms. The summed E-state index contributed by atoms with van der Waals surface area (Å²) in [5.74, 6) is -0.447. The Morgan fingerprint density at radius 3 is 2.85 bits per heavy atom. The molecule has 3 nitrogen and oxygen atoms in total. The van der Waals surface area contributed by atoms with Crippen molar-refractivity contribution in [1.82, 2.24) is 0 Å². The summed E-state index contributed by atoms with van der Waals surface area (Å²) in [5, 5.41) is 0. The van der Waals surface area contributed by atoms with E-state index in [4.69, 9.17) is 0 Å². The number of alkyl halides is 3. The predicted molar refractivity (Wildman–Crippen MR) is 71.7 cm³/mol. The number of carbonyl (C=O) groups is 1. The van der Waals surface area contributed by atoms with Crippen molar-refractivity contribution in [3.63, 3.8) is 0 Å². The van der Waals surface area contributed by atoms with Gasteiger partial charge in [0.1, 0.15) is 13.2 Å². The second-order valence-electron chi connectivity index (χ2n) is 4.53. The summed E-state index contributed by atoms with van der Waals surface area (Å²) in [7, 11) is 0. The van der Waals surface area contributed by atoms with Gasteiger partial charge in [-0.25, -0.2) is 0 Å². The van der Waals surface area contributed by atoms with Crippen LogP contribution in [0, 0.1) is 0 Å². The number of hydrogen-bond acceptors (Lipinski definition) is 2. The first-order chi connectivity index (χ1) is 9.37. The fraction of sp³-hybridized carbons (Fsp3) is 0.462. The standard InChI is InChI=1S/C13H13BrF3NO2/c14-10-3-4-11-9(6-10)2-1-5-18(11)12(19)7-20-8-13(15,16)17/h3-4,6H,1-2,5,7-8H2. The Morgan fingerprint density at radius 2 is 2.15 bits per heavy atom. The Morgan fingerprint density at radius 1 is 1.40 bits per heavy atom. The molecule has 110 valence electrons. The average molecular weight is 352 g/mol. The topological polar surface area (TPSA) is 29.5 Å². The van der Waals surface area contributed by atoms with Crippen molar-refractivity contribution in [2.24, 2.45) is 0 Å². The maximum atomic E-state index is 12.0. The van der Waals surface area contributed by atoms with Crippen molar-refractivity contribution in [2.45, 2.75) is 19.0 Å². The third kappa shape index (κ3) is 3.96. The zero-order chi connectivity index (χ0) is 14.8. The smallest absolute Gasteiger partial charge is 0.362 e. The molecule has 0 spiro atoms. The monoisotopic (exact) mass is 351 g/mol. The molecule has 0 aromatic heterocycles. The molecule has 1 aliphatic heterocycles. The van der Waals surface area contributed by atoms with Crippen LogP contribution in [0.15, 0.2) is 22.7 Å². The normalized spacial score (nSPS) is 15.1. The molecule has 0 saturated carbocycles. The highest BCUT2D eigenvalue weighted by molar-refractivity contribution is 9.10. The van der Waals surface area contributed by atoms with E-state index in [1.165, 1.54) is 4.90 Å². The van der Waals surface area contributed by atoms with Gasteiger partial charge in [-0.1, -0.05) is 15.9 Å². The Balaban J connectivity index is 2.02. The van der Waals surface area contributed by atoms with Gasteiger partial charge in [0.05, 0.1) is 0 Å². The van der Waals surface area contributed by atoms with Crippen LogP contribution in [0.4, 0.5) is 18.9 Å². The molecule has 1 aromatic carbocycles. The maximum absolute atomic E-state index is 12.0.